The molecule has 1 aromatic carbocycles. The van der Waals surface area contributed by atoms with Gasteiger partial charge >= 0.3 is 0 Å². The number of ether oxygens (including phenoxy) is 1. The summed E-state index contributed by atoms with van der Waals surface area (Å²) in [6.45, 7) is 5.03. The van der Waals surface area contributed by atoms with Gasteiger partial charge in [-0.15, -0.1) is 5.10 Å². The molecular weight excluding hydrogens is 278 g/mol. The van der Waals surface area contributed by atoms with Crippen LogP contribution in [0.3, 0.4) is 0 Å². The summed E-state index contributed by atoms with van der Waals surface area (Å²) < 4.78 is 7.35. The first-order chi connectivity index (χ1) is 9.61. The molecule has 0 N–H and O–H groups in total. The maximum absolute atomic E-state index is 11.0. The van der Waals surface area contributed by atoms with Crippen molar-refractivity contribution >= 4 is 17.9 Å². The van der Waals surface area contributed by atoms with E-state index in [2.05, 4.69) is 24.2 Å². The van der Waals surface area contributed by atoms with Gasteiger partial charge in [-0.25, -0.2) is 4.68 Å². The zero-order valence-electron chi connectivity index (χ0n) is 11.4. The highest BCUT2D eigenvalue weighted by Gasteiger charge is 2.14. The molecule has 0 saturated carbocycles. The van der Waals surface area contributed by atoms with E-state index in [4.69, 9.17) is 16.3 Å². The number of aldehydes is 1. The van der Waals surface area contributed by atoms with Crippen LogP contribution in [-0.4, -0.2) is 21.3 Å². The first-order valence-electron chi connectivity index (χ1n) is 6.36. The van der Waals surface area contributed by atoms with E-state index in [9.17, 15) is 4.79 Å². The lowest BCUT2D eigenvalue weighted by Crippen LogP contribution is -2.12. The van der Waals surface area contributed by atoms with Gasteiger partial charge in [0.25, 0.3) is 0 Å². The fourth-order valence-electron chi connectivity index (χ4n) is 1.79. The number of para-hydroxylation sites is 1. The van der Waals surface area contributed by atoms with Crippen LogP contribution < -0.4 is 4.74 Å². The van der Waals surface area contributed by atoms with Crippen LogP contribution in [0.15, 0.2) is 24.3 Å². The Bertz CT molecular complexity index is 596. The number of carbonyl (C=O) groups is 1. The molecular formula is C14H16ClN3O2. The number of nitrogens with zero attached hydrogens (tertiary/aromatic N) is 3. The lowest BCUT2D eigenvalue weighted by Gasteiger charge is -2.11. The third-order valence-electron chi connectivity index (χ3n) is 2.72. The summed E-state index contributed by atoms with van der Waals surface area (Å²) in [5.41, 5.74) is 0.964. The van der Waals surface area contributed by atoms with Crippen molar-refractivity contribution < 1.29 is 9.53 Å². The second kappa shape index (κ2) is 6.52. The second-order valence-corrected chi connectivity index (χ2v) is 5.24. The number of aromatic nitrogens is 3. The van der Waals surface area contributed by atoms with E-state index < -0.39 is 0 Å². The standard InChI is InChI=1S/C14H16ClN3O2/c1-10(2)7-18-13(12(8-19)16-17-18)9-20-14-6-4-3-5-11(14)15/h3-6,8,10H,7,9H2,1-2H3. The zero-order chi connectivity index (χ0) is 14.5. The van der Waals surface area contributed by atoms with Crippen LogP contribution in [0.25, 0.3) is 0 Å². The van der Waals surface area contributed by atoms with Crippen LogP contribution in [0.4, 0.5) is 0 Å². The summed E-state index contributed by atoms with van der Waals surface area (Å²) in [5, 5.41) is 8.37. The van der Waals surface area contributed by atoms with Gasteiger partial charge in [-0.1, -0.05) is 42.8 Å². The van der Waals surface area contributed by atoms with Gasteiger partial charge < -0.3 is 4.74 Å². The van der Waals surface area contributed by atoms with Crippen LogP contribution in [0, 0.1) is 5.92 Å². The molecule has 0 fully saturated rings. The van der Waals surface area contributed by atoms with Crippen LogP contribution in [0.1, 0.15) is 30.0 Å². The summed E-state index contributed by atoms with van der Waals surface area (Å²) in [4.78, 5) is 11.0. The van der Waals surface area contributed by atoms with Gasteiger partial charge in [0.1, 0.15) is 18.1 Å². The van der Waals surface area contributed by atoms with E-state index >= 15 is 0 Å². The molecule has 1 aromatic heterocycles. The summed E-state index contributed by atoms with van der Waals surface area (Å²) in [5.74, 6) is 0.971. The molecule has 0 saturated heterocycles. The maximum atomic E-state index is 11.0. The Balaban J connectivity index is 2.17. The number of hydrogen-bond donors (Lipinski definition) is 0. The first-order valence-corrected chi connectivity index (χ1v) is 6.74. The van der Waals surface area contributed by atoms with E-state index in [-0.39, 0.29) is 6.61 Å². The number of halogens is 1. The molecule has 0 unspecified atom stereocenters. The average molecular weight is 294 g/mol. The van der Waals surface area contributed by atoms with Crippen molar-refractivity contribution in [2.75, 3.05) is 0 Å². The van der Waals surface area contributed by atoms with Crippen LogP contribution >= 0.6 is 11.6 Å². The smallest absolute Gasteiger partial charge is 0.172 e. The fourth-order valence-corrected chi connectivity index (χ4v) is 1.98. The second-order valence-electron chi connectivity index (χ2n) is 4.83. The van der Waals surface area contributed by atoms with Gasteiger partial charge in [0.05, 0.1) is 5.02 Å². The Morgan fingerprint density at radius 3 is 2.80 bits per heavy atom. The van der Waals surface area contributed by atoms with Gasteiger partial charge in [0.2, 0.25) is 0 Å². The number of rotatable bonds is 6. The minimum Gasteiger partial charge on any atom is -0.486 e. The van der Waals surface area contributed by atoms with Gasteiger partial charge in [0.15, 0.2) is 12.0 Å². The highest BCUT2D eigenvalue weighted by Crippen LogP contribution is 2.24. The summed E-state index contributed by atoms with van der Waals surface area (Å²) in [6, 6.07) is 7.20. The third-order valence-corrected chi connectivity index (χ3v) is 3.03. The topological polar surface area (TPSA) is 57.0 Å². The molecule has 0 atom stereocenters. The average Bonchev–Trinajstić information content (AvgIpc) is 2.79. The minimum atomic E-state index is 0.206. The van der Waals surface area contributed by atoms with Crippen molar-refractivity contribution in [2.24, 2.45) is 5.92 Å². The summed E-state index contributed by atoms with van der Waals surface area (Å²) in [6.07, 6.45) is 0.690. The molecule has 0 aliphatic carbocycles. The predicted molar refractivity (Wildman–Crippen MR) is 76.0 cm³/mol. The van der Waals surface area contributed by atoms with E-state index in [0.717, 1.165) is 0 Å². The third kappa shape index (κ3) is 3.36. The summed E-state index contributed by atoms with van der Waals surface area (Å²) >= 11 is 6.03. The van der Waals surface area contributed by atoms with E-state index in [1.54, 1.807) is 16.8 Å². The van der Waals surface area contributed by atoms with Gasteiger partial charge in [-0.05, 0) is 18.1 Å². The number of carbonyl (C=O) groups excluding carboxylic acids is 1. The van der Waals surface area contributed by atoms with Crippen LogP contribution in [-0.2, 0) is 13.2 Å². The van der Waals surface area contributed by atoms with Crippen molar-refractivity contribution in [3.8, 4) is 5.75 Å². The lowest BCUT2D eigenvalue weighted by atomic mass is 10.2. The van der Waals surface area contributed by atoms with Crippen molar-refractivity contribution in [2.45, 2.75) is 27.0 Å². The number of benzene rings is 1. The van der Waals surface area contributed by atoms with Crippen molar-refractivity contribution in [1.29, 1.82) is 0 Å². The molecule has 0 aliphatic heterocycles. The molecule has 0 radical (unpaired) electrons. The molecule has 20 heavy (non-hydrogen) atoms. The van der Waals surface area contributed by atoms with Crippen molar-refractivity contribution in [3.05, 3.63) is 40.7 Å². The Morgan fingerprint density at radius 1 is 1.40 bits per heavy atom. The number of hydrogen-bond acceptors (Lipinski definition) is 4. The SMILES string of the molecule is CC(C)Cn1nnc(C=O)c1COc1ccccc1Cl. The van der Waals surface area contributed by atoms with Gasteiger partial charge in [0, 0.05) is 6.54 Å². The molecule has 0 spiro atoms. The van der Waals surface area contributed by atoms with Crippen LogP contribution in [0.2, 0.25) is 5.02 Å². The molecule has 106 valence electrons. The first kappa shape index (κ1) is 14.5. The molecule has 1 heterocycles. The zero-order valence-corrected chi connectivity index (χ0v) is 12.2. The maximum Gasteiger partial charge on any atom is 0.172 e. The van der Waals surface area contributed by atoms with Gasteiger partial charge in [-0.3, -0.25) is 4.79 Å². The molecule has 2 rings (SSSR count). The van der Waals surface area contributed by atoms with E-state index in [1.807, 2.05) is 12.1 Å². The molecule has 2 aromatic rings. The van der Waals surface area contributed by atoms with Crippen molar-refractivity contribution in [1.82, 2.24) is 15.0 Å². The fraction of sp³-hybridized carbons (Fsp3) is 0.357. The van der Waals surface area contributed by atoms with Crippen molar-refractivity contribution in [3.63, 3.8) is 0 Å². The molecule has 6 heteroatoms. The van der Waals surface area contributed by atoms with E-state index in [1.165, 1.54) is 0 Å². The van der Waals surface area contributed by atoms with Gasteiger partial charge in [-0.2, -0.15) is 0 Å². The lowest BCUT2D eigenvalue weighted by molar-refractivity contribution is 0.111. The largest absolute Gasteiger partial charge is 0.486 e. The minimum absolute atomic E-state index is 0.206. The van der Waals surface area contributed by atoms with Crippen LogP contribution in [0.5, 0.6) is 5.75 Å². The molecule has 5 nitrogen and oxygen atoms in total. The molecule has 0 bridgehead atoms. The predicted octanol–water partition coefficient (Wildman–Crippen LogP) is 2.98. The monoisotopic (exact) mass is 293 g/mol. The normalized spacial score (nSPS) is 10.8. The quantitative estimate of drug-likeness (QED) is 0.768. The Labute approximate surface area is 122 Å². The molecule has 0 aliphatic rings. The Hall–Kier alpha value is -1.88. The highest BCUT2D eigenvalue weighted by molar-refractivity contribution is 6.32. The Morgan fingerprint density at radius 2 is 2.15 bits per heavy atom. The highest BCUT2D eigenvalue weighted by atomic mass is 35.5. The Kier molecular flexibility index (Phi) is 4.74. The summed E-state index contributed by atoms with van der Waals surface area (Å²) in [7, 11) is 0. The molecule has 0 amide bonds. The van der Waals surface area contributed by atoms with E-state index in [0.29, 0.717) is 40.9 Å².